The molecule has 1 aliphatic carbocycles. The van der Waals surface area contributed by atoms with Crippen molar-refractivity contribution in [3.8, 4) is 0 Å². The topological polar surface area (TPSA) is 73.8 Å². The number of aromatic nitrogens is 5. The molecule has 1 unspecified atom stereocenters. The van der Waals surface area contributed by atoms with Crippen molar-refractivity contribution < 1.29 is 0 Å². The van der Waals surface area contributed by atoms with Crippen LogP contribution >= 0.6 is 0 Å². The first-order valence-corrected chi connectivity index (χ1v) is 9.23. The summed E-state index contributed by atoms with van der Waals surface area (Å²) in [7, 11) is 4.01. The summed E-state index contributed by atoms with van der Waals surface area (Å²) in [6.07, 6.45) is 10.4. The first-order chi connectivity index (χ1) is 12.7. The number of aromatic amines is 1. The molecule has 3 aromatic heterocycles. The number of rotatable bonds is 2. The van der Waals surface area contributed by atoms with E-state index in [2.05, 4.69) is 31.1 Å². The monoisotopic (exact) mass is 349 g/mol. The van der Waals surface area contributed by atoms with Crippen molar-refractivity contribution in [2.45, 2.75) is 31.1 Å². The third-order valence-electron chi connectivity index (χ3n) is 5.88. The van der Waals surface area contributed by atoms with E-state index in [9.17, 15) is 0 Å². The van der Waals surface area contributed by atoms with Gasteiger partial charge in [-0.25, -0.2) is 15.0 Å². The molecule has 5 rings (SSSR count). The Labute approximate surface area is 152 Å². The van der Waals surface area contributed by atoms with E-state index in [0.717, 1.165) is 42.9 Å². The minimum Gasteiger partial charge on any atom is -0.370 e. The molecule has 0 amide bonds. The van der Waals surface area contributed by atoms with Crippen LogP contribution < -0.4 is 9.80 Å². The summed E-state index contributed by atoms with van der Waals surface area (Å²) in [5, 5.41) is 8.25. The van der Waals surface area contributed by atoms with Crippen LogP contribution in [0.15, 0.2) is 24.7 Å². The Balaban J connectivity index is 1.55. The maximum Gasteiger partial charge on any atom is 0.225 e. The standard InChI is InChI=1S/C19H23N7/c1-25(2)18-21-10-13-4-7-19(16(13)23-18)6-3-9-26(12-19)15-5-8-20-17-14(15)11-22-24-17/h5,8,10-11H,3-4,6-7,9,12H2,1-2H3,(H,20,22,24). The molecule has 1 aliphatic heterocycles. The van der Waals surface area contributed by atoms with Gasteiger partial charge in [-0.3, -0.25) is 5.10 Å². The Morgan fingerprint density at radius 2 is 2.12 bits per heavy atom. The van der Waals surface area contributed by atoms with Gasteiger partial charge in [-0.2, -0.15) is 5.10 Å². The highest BCUT2D eigenvalue weighted by Crippen LogP contribution is 2.45. The molecule has 1 N–H and O–H groups in total. The number of nitrogens with one attached hydrogen (secondary N) is 1. The quantitative estimate of drug-likeness (QED) is 0.765. The van der Waals surface area contributed by atoms with E-state index in [0.29, 0.717) is 0 Å². The van der Waals surface area contributed by atoms with Crippen LogP contribution in [0, 0.1) is 0 Å². The van der Waals surface area contributed by atoms with Gasteiger partial charge < -0.3 is 9.80 Å². The SMILES string of the molecule is CN(C)c1ncc2c(n1)C1(CCCN(c3ccnc4[nH]ncc34)C1)CC2. The van der Waals surface area contributed by atoms with E-state index < -0.39 is 0 Å². The van der Waals surface area contributed by atoms with Gasteiger partial charge in [-0.05, 0) is 37.3 Å². The Morgan fingerprint density at radius 3 is 3.00 bits per heavy atom. The third kappa shape index (κ3) is 2.26. The molecule has 0 radical (unpaired) electrons. The summed E-state index contributed by atoms with van der Waals surface area (Å²) in [6, 6.07) is 2.11. The maximum absolute atomic E-state index is 4.97. The van der Waals surface area contributed by atoms with Crippen molar-refractivity contribution >= 4 is 22.7 Å². The van der Waals surface area contributed by atoms with Gasteiger partial charge in [0.15, 0.2) is 5.65 Å². The summed E-state index contributed by atoms with van der Waals surface area (Å²) >= 11 is 0. The Morgan fingerprint density at radius 1 is 1.19 bits per heavy atom. The van der Waals surface area contributed by atoms with Crippen molar-refractivity contribution in [3.05, 3.63) is 35.9 Å². The first-order valence-electron chi connectivity index (χ1n) is 9.23. The smallest absolute Gasteiger partial charge is 0.225 e. The summed E-state index contributed by atoms with van der Waals surface area (Å²) in [6.45, 7) is 2.06. The van der Waals surface area contributed by atoms with Gasteiger partial charge in [0.1, 0.15) is 0 Å². The van der Waals surface area contributed by atoms with Crippen molar-refractivity contribution in [3.63, 3.8) is 0 Å². The van der Waals surface area contributed by atoms with Crippen LogP contribution in [0.5, 0.6) is 0 Å². The molecule has 0 bridgehead atoms. The molecule has 7 nitrogen and oxygen atoms in total. The largest absolute Gasteiger partial charge is 0.370 e. The molecule has 1 atom stereocenters. The minimum atomic E-state index is 0.126. The molecule has 4 heterocycles. The van der Waals surface area contributed by atoms with E-state index >= 15 is 0 Å². The fourth-order valence-corrected chi connectivity index (χ4v) is 4.60. The number of piperidine rings is 1. The van der Waals surface area contributed by atoms with Crippen LogP contribution in [0.1, 0.15) is 30.5 Å². The molecule has 0 saturated carbocycles. The average molecular weight is 349 g/mol. The number of hydrogen-bond acceptors (Lipinski definition) is 6. The minimum absolute atomic E-state index is 0.126. The van der Waals surface area contributed by atoms with Gasteiger partial charge in [0.2, 0.25) is 5.95 Å². The number of hydrogen-bond donors (Lipinski definition) is 1. The maximum atomic E-state index is 4.97. The van der Waals surface area contributed by atoms with Crippen molar-refractivity contribution in [1.82, 2.24) is 25.1 Å². The van der Waals surface area contributed by atoms with Gasteiger partial charge in [0.25, 0.3) is 0 Å². The summed E-state index contributed by atoms with van der Waals surface area (Å²) < 4.78 is 0. The van der Waals surface area contributed by atoms with Gasteiger partial charge in [-0.1, -0.05) is 0 Å². The van der Waals surface area contributed by atoms with Crippen molar-refractivity contribution in [2.24, 2.45) is 0 Å². The van der Waals surface area contributed by atoms with Crippen LogP contribution in [0.4, 0.5) is 11.6 Å². The van der Waals surface area contributed by atoms with E-state index in [1.54, 1.807) is 0 Å². The molecule has 1 spiro atoms. The Kier molecular flexibility index (Phi) is 3.38. The second-order valence-corrected chi connectivity index (χ2v) is 7.71. The van der Waals surface area contributed by atoms with E-state index in [1.165, 1.54) is 29.8 Å². The highest BCUT2D eigenvalue weighted by Gasteiger charge is 2.44. The second kappa shape index (κ2) is 5.65. The zero-order chi connectivity index (χ0) is 17.7. The number of aryl methyl sites for hydroxylation is 1. The van der Waals surface area contributed by atoms with E-state index in [-0.39, 0.29) is 5.41 Å². The lowest BCUT2D eigenvalue weighted by Gasteiger charge is -2.42. The first kappa shape index (κ1) is 15.5. The number of pyridine rings is 1. The lowest BCUT2D eigenvalue weighted by Crippen LogP contribution is -2.45. The summed E-state index contributed by atoms with van der Waals surface area (Å²) in [5.41, 5.74) is 4.78. The molecule has 26 heavy (non-hydrogen) atoms. The van der Waals surface area contributed by atoms with Gasteiger partial charge in [-0.15, -0.1) is 0 Å². The lowest BCUT2D eigenvalue weighted by molar-refractivity contribution is 0.335. The average Bonchev–Trinajstić information content (AvgIpc) is 3.27. The van der Waals surface area contributed by atoms with Crippen LogP contribution in [-0.4, -0.2) is 52.3 Å². The highest BCUT2D eigenvalue weighted by atomic mass is 15.2. The van der Waals surface area contributed by atoms with Crippen LogP contribution in [0.2, 0.25) is 0 Å². The third-order valence-corrected chi connectivity index (χ3v) is 5.88. The van der Waals surface area contributed by atoms with Crippen molar-refractivity contribution in [1.29, 1.82) is 0 Å². The Bertz CT molecular complexity index is 959. The molecule has 1 saturated heterocycles. The van der Waals surface area contributed by atoms with Gasteiger partial charge in [0.05, 0.1) is 23.0 Å². The van der Waals surface area contributed by atoms with Crippen LogP contribution in [0.25, 0.3) is 11.0 Å². The van der Waals surface area contributed by atoms with Gasteiger partial charge >= 0.3 is 0 Å². The Hall–Kier alpha value is -2.70. The summed E-state index contributed by atoms with van der Waals surface area (Å²) in [5.74, 6) is 0.809. The molecule has 7 heteroatoms. The number of fused-ring (bicyclic) bond motifs is 3. The fourth-order valence-electron chi connectivity index (χ4n) is 4.60. The number of nitrogens with zero attached hydrogens (tertiary/aromatic N) is 6. The fraction of sp³-hybridized carbons (Fsp3) is 0.474. The zero-order valence-electron chi connectivity index (χ0n) is 15.2. The highest BCUT2D eigenvalue weighted by molar-refractivity contribution is 5.88. The van der Waals surface area contributed by atoms with E-state index in [1.807, 2.05) is 37.6 Å². The summed E-state index contributed by atoms with van der Waals surface area (Å²) in [4.78, 5) is 18.4. The molecule has 3 aromatic rings. The second-order valence-electron chi connectivity index (χ2n) is 7.71. The molecule has 1 fully saturated rings. The molecular formula is C19H23N7. The van der Waals surface area contributed by atoms with Crippen LogP contribution in [-0.2, 0) is 11.8 Å². The zero-order valence-corrected chi connectivity index (χ0v) is 15.2. The van der Waals surface area contributed by atoms with E-state index in [4.69, 9.17) is 4.98 Å². The number of anilines is 2. The lowest BCUT2D eigenvalue weighted by atomic mass is 9.77. The normalized spacial score (nSPS) is 22.2. The molecule has 0 aromatic carbocycles. The van der Waals surface area contributed by atoms with Crippen LogP contribution in [0.3, 0.4) is 0 Å². The van der Waals surface area contributed by atoms with Crippen molar-refractivity contribution in [2.75, 3.05) is 37.0 Å². The molecule has 134 valence electrons. The number of H-pyrrole nitrogens is 1. The molecule has 2 aliphatic rings. The predicted molar refractivity (Wildman–Crippen MR) is 102 cm³/mol. The van der Waals surface area contributed by atoms with Gasteiger partial charge in [0, 0.05) is 45.0 Å². The predicted octanol–water partition coefficient (Wildman–Crippen LogP) is 2.30. The molecular weight excluding hydrogens is 326 g/mol.